The average molecular weight is 444 g/mol. The van der Waals surface area contributed by atoms with Crippen molar-refractivity contribution in [2.24, 2.45) is 5.92 Å². The number of nitrogens with one attached hydrogen (secondary N) is 1. The third-order valence-corrected chi connectivity index (χ3v) is 9.92. The first-order valence-electron chi connectivity index (χ1n) is 9.97. The number of fused-ring (bicyclic) bond motifs is 1. The first-order valence-corrected chi connectivity index (χ1v) is 13.5. The lowest BCUT2D eigenvalue weighted by Crippen LogP contribution is -2.45. The predicted molar refractivity (Wildman–Crippen MR) is 116 cm³/mol. The Balaban J connectivity index is 1.34. The summed E-state index contributed by atoms with van der Waals surface area (Å²) in [6, 6.07) is 2.30. The molecule has 0 unspecified atom stereocenters. The third kappa shape index (κ3) is 4.53. The van der Waals surface area contributed by atoms with E-state index < -0.39 is 20.6 Å². The number of aromatic amines is 1. The fourth-order valence-corrected chi connectivity index (χ4v) is 7.74. The highest BCUT2D eigenvalue weighted by Gasteiger charge is 2.34. The van der Waals surface area contributed by atoms with Gasteiger partial charge < -0.3 is 9.88 Å². The summed E-state index contributed by atoms with van der Waals surface area (Å²) >= 11 is 0. The van der Waals surface area contributed by atoms with E-state index in [0.717, 1.165) is 42.5 Å². The van der Waals surface area contributed by atoms with Crippen LogP contribution >= 0.6 is 10.6 Å². The van der Waals surface area contributed by atoms with Crippen LogP contribution in [-0.2, 0) is 10.0 Å². The molecular weight excluding hydrogens is 414 g/mol. The van der Waals surface area contributed by atoms with Gasteiger partial charge in [-0.1, -0.05) is 0 Å². The van der Waals surface area contributed by atoms with Crippen LogP contribution < -0.4 is 4.90 Å². The zero-order valence-corrected chi connectivity index (χ0v) is 18.2. The normalized spacial score (nSPS) is 27.0. The van der Waals surface area contributed by atoms with Gasteiger partial charge in [0.1, 0.15) is 17.8 Å². The van der Waals surface area contributed by atoms with E-state index in [1.165, 1.54) is 4.31 Å². The van der Waals surface area contributed by atoms with Crippen molar-refractivity contribution in [3.8, 4) is 0 Å². The molecule has 0 radical (unpaired) electrons. The fraction of sp³-hybridized carbons (Fsp3) is 0.667. The summed E-state index contributed by atoms with van der Waals surface area (Å²) < 4.78 is 46.4. The Kier molecular flexibility index (Phi) is 5.77. The summed E-state index contributed by atoms with van der Waals surface area (Å²) in [7, 11) is -3.90. The number of sulfonamides is 1. The fourth-order valence-electron chi connectivity index (χ4n) is 4.40. The van der Waals surface area contributed by atoms with Crippen molar-refractivity contribution in [1.29, 1.82) is 0 Å². The Morgan fingerprint density at radius 2 is 1.90 bits per heavy atom. The minimum absolute atomic E-state index is 0.143. The van der Waals surface area contributed by atoms with Gasteiger partial charge in [0.05, 0.1) is 22.6 Å². The molecule has 1 saturated carbocycles. The van der Waals surface area contributed by atoms with Gasteiger partial charge in [-0.2, -0.15) is 14.9 Å². The number of nitrogens with zero attached hydrogens (tertiary/aromatic N) is 4. The van der Waals surface area contributed by atoms with Crippen LogP contribution in [0.5, 0.6) is 0 Å². The van der Waals surface area contributed by atoms with Gasteiger partial charge in [0, 0.05) is 32.4 Å². The first kappa shape index (κ1) is 20.9. The highest BCUT2D eigenvalue weighted by atomic mass is 32.3. The minimum Gasteiger partial charge on any atom is -0.356 e. The molecule has 2 aliphatic rings. The molecule has 1 aliphatic carbocycles. The highest BCUT2D eigenvalue weighted by molar-refractivity contribution is 8.24. The van der Waals surface area contributed by atoms with E-state index >= 15 is 0 Å². The number of hydrogen-bond donors (Lipinski definition) is 3. The molecule has 162 valence electrons. The van der Waals surface area contributed by atoms with E-state index in [0.29, 0.717) is 6.04 Å². The Morgan fingerprint density at radius 3 is 2.59 bits per heavy atom. The van der Waals surface area contributed by atoms with Crippen LogP contribution in [0.4, 0.5) is 5.82 Å². The average Bonchev–Trinajstić information content (AvgIpc) is 3.16. The second-order valence-electron chi connectivity index (χ2n) is 8.11. The lowest BCUT2D eigenvalue weighted by Gasteiger charge is -2.41. The molecule has 3 heterocycles. The molecule has 3 N–H and O–H groups in total. The van der Waals surface area contributed by atoms with Crippen LogP contribution in [0, 0.1) is 5.92 Å². The molecule has 0 bridgehead atoms. The van der Waals surface area contributed by atoms with Gasteiger partial charge >= 0.3 is 0 Å². The maximum absolute atomic E-state index is 12.8. The molecule has 1 aliphatic heterocycles. The molecule has 4 rings (SSSR count). The SMILES string of the molecule is CN(c1ncnc2[nH]ccc12)C1CCC(CS(=O)(=O)N2CCS(O)(O)CC2)CC1. The quantitative estimate of drug-likeness (QED) is 0.648. The van der Waals surface area contributed by atoms with Crippen LogP contribution in [0.1, 0.15) is 25.7 Å². The van der Waals surface area contributed by atoms with E-state index in [9.17, 15) is 17.5 Å². The van der Waals surface area contributed by atoms with Crippen molar-refractivity contribution in [3.05, 3.63) is 18.6 Å². The zero-order chi connectivity index (χ0) is 20.6. The van der Waals surface area contributed by atoms with Gasteiger partial charge in [-0.3, -0.25) is 9.11 Å². The van der Waals surface area contributed by atoms with Crippen molar-refractivity contribution < 1.29 is 17.5 Å². The molecule has 29 heavy (non-hydrogen) atoms. The topological polar surface area (TPSA) is 123 Å². The van der Waals surface area contributed by atoms with E-state index in [-0.39, 0.29) is 36.3 Å². The molecule has 0 aromatic carbocycles. The van der Waals surface area contributed by atoms with Crippen molar-refractivity contribution in [2.75, 3.05) is 42.3 Å². The maximum atomic E-state index is 12.8. The van der Waals surface area contributed by atoms with Crippen molar-refractivity contribution in [1.82, 2.24) is 19.3 Å². The van der Waals surface area contributed by atoms with E-state index in [2.05, 4.69) is 19.9 Å². The van der Waals surface area contributed by atoms with Crippen molar-refractivity contribution in [3.63, 3.8) is 0 Å². The number of hydrogen-bond acceptors (Lipinski definition) is 7. The summed E-state index contributed by atoms with van der Waals surface area (Å²) in [5.41, 5.74) is 0.819. The zero-order valence-electron chi connectivity index (χ0n) is 16.6. The van der Waals surface area contributed by atoms with Crippen LogP contribution in [-0.4, -0.2) is 80.2 Å². The van der Waals surface area contributed by atoms with Crippen LogP contribution in [0.25, 0.3) is 11.0 Å². The molecule has 2 fully saturated rings. The maximum Gasteiger partial charge on any atom is 0.214 e. The van der Waals surface area contributed by atoms with Crippen molar-refractivity contribution >= 4 is 37.5 Å². The van der Waals surface area contributed by atoms with E-state index in [4.69, 9.17) is 0 Å². The molecule has 0 spiro atoms. The highest BCUT2D eigenvalue weighted by Crippen LogP contribution is 2.41. The summed E-state index contributed by atoms with van der Waals surface area (Å²) in [5.74, 6) is 1.49. The van der Waals surface area contributed by atoms with Crippen LogP contribution in [0.2, 0.25) is 0 Å². The first-order chi connectivity index (χ1) is 13.8. The summed E-state index contributed by atoms with van der Waals surface area (Å²) in [6.45, 7) is 0.423. The molecule has 9 nitrogen and oxygen atoms in total. The smallest absolute Gasteiger partial charge is 0.214 e. The second kappa shape index (κ2) is 8.03. The lowest BCUT2D eigenvalue weighted by molar-refractivity contribution is 0.333. The largest absolute Gasteiger partial charge is 0.356 e. The second-order valence-corrected chi connectivity index (χ2v) is 12.5. The van der Waals surface area contributed by atoms with Crippen LogP contribution in [0.15, 0.2) is 18.6 Å². The Morgan fingerprint density at radius 1 is 1.21 bits per heavy atom. The van der Waals surface area contributed by atoms with E-state index in [1.54, 1.807) is 6.33 Å². The van der Waals surface area contributed by atoms with Gasteiger partial charge in [-0.15, -0.1) is 0 Å². The van der Waals surface area contributed by atoms with Crippen LogP contribution in [0.3, 0.4) is 0 Å². The molecular formula is C18H29N5O4S2. The predicted octanol–water partition coefficient (Wildman–Crippen LogP) is 2.35. The van der Waals surface area contributed by atoms with E-state index in [1.807, 2.05) is 19.3 Å². The molecule has 0 amide bonds. The van der Waals surface area contributed by atoms with Gasteiger partial charge in [-0.05, 0) is 37.7 Å². The number of rotatable bonds is 5. The van der Waals surface area contributed by atoms with Gasteiger partial charge in [0.15, 0.2) is 0 Å². The summed E-state index contributed by atoms with van der Waals surface area (Å²) in [5, 5.41) is 0.996. The van der Waals surface area contributed by atoms with Gasteiger partial charge in [-0.25, -0.2) is 18.4 Å². The van der Waals surface area contributed by atoms with Crippen molar-refractivity contribution in [2.45, 2.75) is 31.7 Å². The monoisotopic (exact) mass is 443 g/mol. The van der Waals surface area contributed by atoms with Gasteiger partial charge in [0.25, 0.3) is 0 Å². The number of H-pyrrole nitrogens is 1. The molecule has 0 atom stereocenters. The Labute approximate surface area is 172 Å². The Bertz CT molecular complexity index is 946. The molecule has 1 saturated heterocycles. The lowest BCUT2D eigenvalue weighted by atomic mass is 9.86. The minimum atomic E-state index is -3.36. The molecule has 2 aromatic heterocycles. The number of anilines is 1. The Hall–Kier alpha value is -1.40. The summed E-state index contributed by atoms with van der Waals surface area (Å²) in [4.78, 5) is 14.0. The molecule has 11 heteroatoms. The standard InChI is InChI=1S/C18H29N5O4S2/c1-22(18-16-6-7-19-17(16)20-13-21-18)15-4-2-14(3-5-15)12-29(26,27)23-8-10-28(24,25)11-9-23/h6-7,13-15,24-25H,2-5,8-12H2,1H3,(H,19,20,21). The summed E-state index contributed by atoms with van der Waals surface area (Å²) in [6.07, 6.45) is 6.99. The number of aromatic nitrogens is 3. The van der Waals surface area contributed by atoms with Gasteiger partial charge in [0.2, 0.25) is 10.0 Å². The third-order valence-electron chi connectivity index (χ3n) is 6.21. The molecule has 2 aromatic rings.